The molecule has 0 bridgehead atoms. The summed E-state index contributed by atoms with van der Waals surface area (Å²) < 4.78 is 0. The maximum Gasteiger partial charge on any atom is 0.0305 e. The molecular weight excluding hydrogens is 238 g/mol. The summed E-state index contributed by atoms with van der Waals surface area (Å²) in [6.07, 6.45) is 6.74. The van der Waals surface area contributed by atoms with Crippen LogP contribution in [0.1, 0.15) is 74.2 Å². The molecule has 18 heavy (non-hydrogen) atoms. The molecular formula is C16H29NS. The van der Waals surface area contributed by atoms with E-state index in [1.54, 1.807) is 0 Å². The lowest BCUT2D eigenvalue weighted by molar-refractivity contribution is 0.437. The molecule has 2 unspecified atom stereocenters. The summed E-state index contributed by atoms with van der Waals surface area (Å²) in [5, 5.41) is 3.73. The van der Waals surface area contributed by atoms with E-state index in [9.17, 15) is 0 Å². The van der Waals surface area contributed by atoms with E-state index in [0.29, 0.717) is 12.1 Å². The number of hydrogen-bond acceptors (Lipinski definition) is 2. The van der Waals surface area contributed by atoms with Gasteiger partial charge in [-0.1, -0.05) is 32.6 Å². The molecule has 0 spiro atoms. The van der Waals surface area contributed by atoms with E-state index in [2.05, 4.69) is 46.0 Å². The Labute approximate surface area is 117 Å². The van der Waals surface area contributed by atoms with E-state index >= 15 is 0 Å². The monoisotopic (exact) mass is 267 g/mol. The van der Waals surface area contributed by atoms with E-state index in [1.165, 1.54) is 47.4 Å². The first-order valence-corrected chi connectivity index (χ1v) is 8.19. The van der Waals surface area contributed by atoms with Gasteiger partial charge in [0.25, 0.3) is 0 Å². The van der Waals surface area contributed by atoms with Crippen molar-refractivity contribution in [2.24, 2.45) is 0 Å². The Morgan fingerprint density at radius 2 is 1.89 bits per heavy atom. The normalized spacial score (nSPS) is 14.7. The predicted octanol–water partition coefficient (Wildman–Crippen LogP) is 5.37. The molecule has 0 aromatic carbocycles. The maximum atomic E-state index is 3.73. The SMILES string of the molecule is CCCCCCC(C)NC(C)c1cc(C)sc1C. The van der Waals surface area contributed by atoms with Crippen LogP contribution in [0.25, 0.3) is 0 Å². The van der Waals surface area contributed by atoms with E-state index in [4.69, 9.17) is 0 Å². The third-order valence-electron chi connectivity index (χ3n) is 3.57. The summed E-state index contributed by atoms with van der Waals surface area (Å²) in [6.45, 7) is 11.3. The van der Waals surface area contributed by atoms with Crippen LogP contribution < -0.4 is 5.32 Å². The van der Waals surface area contributed by atoms with Crippen molar-refractivity contribution in [3.05, 3.63) is 21.4 Å². The first kappa shape index (κ1) is 15.7. The summed E-state index contributed by atoms with van der Waals surface area (Å²) >= 11 is 1.91. The summed E-state index contributed by atoms with van der Waals surface area (Å²) in [5.41, 5.74) is 1.48. The lowest BCUT2D eigenvalue weighted by Gasteiger charge is -2.20. The topological polar surface area (TPSA) is 12.0 Å². The summed E-state index contributed by atoms with van der Waals surface area (Å²) in [4.78, 5) is 2.89. The first-order chi connectivity index (χ1) is 8.54. The van der Waals surface area contributed by atoms with Crippen molar-refractivity contribution in [2.45, 2.75) is 78.8 Å². The van der Waals surface area contributed by atoms with Crippen molar-refractivity contribution in [3.8, 4) is 0 Å². The molecule has 1 aromatic heterocycles. The Morgan fingerprint density at radius 3 is 2.44 bits per heavy atom. The van der Waals surface area contributed by atoms with Crippen LogP contribution in [0.15, 0.2) is 6.07 Å². The molecule has 1 nitrogen and oxygen atoms in total. The molecule has 1 heterocycles. The molecule has 0 aliphatic heterocycles. The molecule has 0 saturated heterocycles. The number of rotatable bonds is 8. The van der Waals surface area contributed by atoms with E-state index < -0.39 is 0 Å². The molecule has 0 amide bonds. The van der Waals surface area contributed by atoms with Gasteiger partial charge < -0.3 is 5.32 Å². The molecule has 1 aromatic rings. The Kier molecular flexibility index (Phi) is 6.95. The third kappa shape index (κ3) is 5.11. The molecule has 2 heteroatoms. The van der Waals surface area contributed by atoms with Crippen LogP contribution in [0.5, 0.6) is 0 Å². The summed E-state index contributed by atoms with van der Waals surface area (Å²) in [6, 6.07) is 3.44. The van der Waals surface area contributed by atoms with E-state index in [-0.39, 0.29) is 0 Å². The minimum absolute atomic E-state index is 0.483. The average Bonchev–Trinajstić information content (AvgIpc) is 2.64. The van der Waals surface area contributed by atoms with Crippen LogP contribution in [0.4, 0.5) is 0 Å². The Balaban J connectivity index is 2.35. The van der Waals surface area contributed by atoms with Crippen LogP contribution in [0, 0.1) is 13.8 Å². The first-order valence-electron chi connectivity index (χ1n) is 7.37. The Morgan fingerprint density at radius 1 is 1.17 bits per heavy atom. The van der Waals surface area contributed by atoms with Gasteiger partial charge in [-0.15, -0.1) is 11.3 Å². The van der Waals surface area contributed by atoms with Gasteiger partial charge in [0, 0.05) is 21.8 Å². The molecule has 0 radical (unpaired) electrons. The fourth-order valence-corrected chi connectivity index (χ4v) is 3.58. The highest BCUT2D eigenvalue weighted by Crippen LogP contribution is 2.26. The zero-order chi connectivity index (χ0) is 13.5. The van der Waals surface area contributed by atoms with Crippen molar-refractivity contribution in [3.63, 3.8) is 0 Å². The smallest absolute Gasteiger partial charge is 0.0305 e. The predicted molar refractivity (Wildman–Crippen MR) is 83.6 cm³/mol. The number of unbranched alkanes of at least 4 members (excludes halogenated alkanes) is 3. The second kappa shape index (κ2) is 7.96. The van der Waals surface area contributed by atoms with Crippen molar-refractivity contribution in [1.29, 1.82) is 0 Å². The second-order valence-electron chi connectivity index (χ2n) is 5.51. The van der Waals surface area contributed by atoms with Crippen molar-refractivity contribution in [2.75, 3.05) is 0 Å². The lowest BCUT2D eigenvalue weighted by atomic mass is 10.1. The fourth-order valence-electron chi connectivity index (χ4n) is 2.56. The average molecular weight is 267 g/mol. The molecule has 0 aliphatic carbocycles. The van der Waals surface area contributed by atoms with Gasteiger partial charge in [0.2, 0.25) is 0 Å². The highest BCUT2D eigenvalue weighted by atomic mass is 32.1. The quantitative estimate of drug-likeness (QED) is 0.624. The molecule has 2 atom stereocenters. The molecule has 0 saturated carbocycles. The number of thiophene rings is 1. The van der Waals surface area contributed by atoms with Gasteiger partial charge in [-0.05, 0) is 45.7 Å². The summed E-state index contributed by atoms with van der Waals surface area (Å²) in [7, 11) is 0. The van der Waals surface area contributed by atoms with Crippen LogP contribution in [-0.4, -0.2) is 6.04 Å². The minimum Gasteiger partial charge on any atom is -0.308 e. The van der Waals surface area contributed by atoms with Crippen LogP contribution >= 0.6 is 11.3 Å². The molecule has 0 fully saturated rings. The maximum absolute atomic E-state index is 3.73. The third-order valence-corrected chi connectivity index (χ3v) is 4.55. The zero-order valence-electron chi connectivity index (χ0n) is 12.7. The number of aryl methyl sites for hydroxylation is 2. The lowest BCUT2D eigenvalue weighted by Crippen LogP contribution is -2.28. The molecule has 0 aliphatic rings. The van der Waals surface area contributed by atoms with Gasteiger partial charge in [-0.3, -0.25) is 0 Å². The second-order valence-corrected chi connectivity index (χ2v) is 6.97. The Hall–Kier alpha value is -0.340. The van der Waals surface area contributed by atoms with Gasteiger partial charge in [0.05, 0.1) is 0 Å². The van der Waals surface area contributed by atoms with Gasteiger partial charge in [0.15, 0.2) is 0 Å². The fraction of sp³-hybridized carbons (Fsp3) is 0.750. The van der Waals surface area contributed by atoms with Crippen molar-refractivity contribution < 1.29 is 0 Å². The molecule has 1 N–H and O–H groups in total. The molecule has 104 valence electrons. The van der Waals surface area contributed by atoms with Gasteiger partial charge >= 0.3 is 0 Å². The van der Waals surface area contributed by atoms with Crippen LogP contribution in [0.2, 0.25) is 0 Å². The zero-order valence-corrected chi connectivity index (χ0v) is 13.5. The highest BCUT2D eigenvalue weighted by molar-refractivity contribution is 7.12. The number of nitrogens with one attached hydrogen (secondary N) is 1. The van der Waals surface area contributed by atoms with Crippen LogP contribution in [0.3, 0.4) is 0 Å². The van der Waals surface area contributed by atoms with Crippen LogP contribution in [-0.2, 0) is 0 Å². The van der Waals surface area contributed by atoms with Crippen molar-refractivity contribution in [1.82, 2.24) is 5.32 Å². The van der Waals surface area contributed by atoms with E-state index in [1.807, 2.05) is 11.3 Å². The number of hydrogen-bond donors (Lipinski definition) is 1. The highest BCUT2D eigenvalue weighted by Gasteiger charge is 2.13. The standard InChI is InChI=1S/C16H29NS/c1-6-7-8-9-10-12(2)17-14(4)16-11-13(3)18-15(16)5/h11-12,14,17H,6-10H2,1-5H3. The van der Waals surface area contributed by atoms with Gasteiger partial charge in [-0.25, -0.2) is 0 Å². The Bertz CT molecular complexity index is 343. The van der Waals surface area contributed by atoms with Gasteiger partial charge in [-0.2, -0.15) is 0 Å². The largest absolute Gasteiger partial charge is 0.308 e. The minimum atomic E-state index is 0.483. The summed E-state index contributed by atoms with van der Waals surface area (Å²) in [5.74, 6) is 0. The van der Waals surface area contributed by atoms with Crippen molar-refractivity contribution >= 4 is 11.3 Å². The van der Waals surface area contributed by atoms with E-state index in [0.717, 1.165) is 0 Å². The molecule has 1 rings (SSSR count). The van der Waals surface area contributed by atoms with Gasteiger partial charge in [0.1, 0.15) is 0 Å².